The Morgan fingerprint density at radius 2 is 1.35 bits per heavy atom. The van der Waals surface area contributed by atoms with Crippen molar-refractivity contribution >= 4 is 18.0 Å². The molecule has 0 saturated carbocycles. The summed E-state index contributed by atoms with van der Waals surface area (Å²) in [5, 5.41) is 0. The molecule has 0 N–H and O–H groups in total. The molecule has 0 saturated heterocycles. The van der Waals surface area contributed by atoms with E-state index in [1.165, 1.54) is 51.4 Å². The van der Waals surface area contributed by atoms with Crippen molar-refractivity contribution < 1.29 is 13.8 Å². The van der Waals surface area contributed by atoms with Gasteiger partial charge in [-0.3, -0.25) is 0 Å². The Bertz CT molecular complexity index is 174. The molecule has 0 atom stereocenters. The van der Waals surface area contributed by atoms with E-state index >= 15 is 0 Å². The highest BCUT2D eigenvalue weighted by Crippen LogP contribution is 2.10. The average molecular weight is 265 g/mol. The Kier molecular flexibility index (Phi) is 13.3. The highest BCUT2D eigenvalue weighted by molar-refractivity contribution is 6.12. The van der Waals surface area contributed by atoms with Crippen LogP contribution in [0.3, 0.4) is 0 Å². The lowest BCUT2D eigenvalue weighted by molar-refractivity contribution is 0.101. The second-order valence-corrected chi connectivity index (χ2v) is 4.51. The normalized spacial score (nSPS) is 10.2. The van der Waals surface area contributed by atoms with E-state index in [-0.39, 0.29) is 0 Å². The second kappa shape index (κ2) is 13.6. The number of rotatable bonds is 11. The van der Waals surface area contributed by atoms with Crippen LogP contribution in [0.25, 0.3) is 0 Å². The first-order valence-electron chi connectivity index (χ1n) is 6.76. The van der Waals surface area contributed by atoms with Gasteiger partial charge in [0.05, 0.1) is 6.61 Å². The third-order valence-electron chi connectivity index (χ3n) is 2.78. The lowest BCUT2D eigenvalue weighted by Gasteiger charge is -2.02. The number of carbonyl (C=O) groups is 1. The number of unbranched alkanes of at least 4 members (excludes halogenated alkanes) is 9. The van der Waals surface area contributed by atoms with Crippen LogP contribution in [0, 0.1) is 0 Å². The lowest BCUT2D eigenvalue weighted by Crippen LogP contribution is -2.02. The van der Waals surface area contributed by atoms with Crippen molar-refractivity contribution in [2.24, 2.45) is 0 Å². The zero-order valence-electron chi connectivity index (χ0n) is 10.9. The maximum atomic E-state index is 10.5. The van der Waals surface area contributed by atoms with Crippen LogP contribution in [0.4, 0.5) is 4.79 Å². The average Bonchev–Trinajstić information content (AvgIpc) is 2.35. The standard InChI is InChI=1S/C13H25ClO3/c1-2-3-4-5-6-7-8-9-10-11-12-16-13(15)17-14/h2-12H2,1H3. The Morgan fingerprint density at radius 1 is 0.882 bits per heavy atom. The molecule has 0 aliphatic carbocycles. The first-order valence-corrected chi connectivity index (χ1v) is 7.07. The van der Waals surface area contributed by atoms with Gasteiger partial charge in [-0.05, 0) is 6.42 Å². The molecule has 0 radical (unpaired) electrons. The topological polar surface area (TPSA) is 35.5 Å². The van der Waals surface area contributed by atoms with Gasteiger partial charge in [-0.25, -0.2) is 4.79 Å². The fraction of sp³-hybridized carbons (Fsp3) is 0.923. The summed E-state index contributed by atoms with van der Waals surface area (Å²) < 4.78 is 8.52. The SMILES string of the molecule is CCCCCCCCCCCCOC(=O)OCl. The molecule has 0 aromatic rings. The molecule has 0 fully saturated rings. The number of ether oxygens (including phenoxy) is 1. The minimum atomic E-state index is -0.803. The van der Waals surface area contributed by atoms with E-state index < -0.39 is 6.16 Å². The van der Waals surface area contributed by atoms with Crippen molar-refractivity contribution in [1.29, 1.82) is 0 Å². The number of carbonyl (C=O) groups excluding carboxylic acids is 1. The summed E-state index contributed by atoms with van der Waals surface area (Å²) in [6.07, 6.45) is 11.8. The Labute approximate surface area is 110 Å². The summed E-state index contributed by atoms with van der Waals surface area (Å²) in [4.78, 5) is 10.5. The molecule has 4 heteroatoms. The van der Waals surface area contributed by atoms with Crippen LogP contribution < -0.4 is 0 Å². The first kappa shape index (κ1) is 16.6. The van der Waals surface area contributed by atoms with Gasteiger partial charge in [-0.15, -0.1) is 0 Å². The fourth-order valence-corrected chi connectivity index (χ4v) is 1.81. The van der Waals surface area contributed by atoms with Crippen molar-refractivity contribution in [3.63, 3.8) is 0 Å². The van der Waals surface area contributed by atoms with Gasteiger partial charge in [0.15, 0.2) is 0 Å². The second-order valence-electron chi connectivity index (χ2n) is 4.36. The molecular weight excluding hydrogens is 240 g/mol. The summed E-state index contributed by atoms with van der Waals surface area (Å²) in [5.74, 6) is 0. The molecular formula is C13H25ClO3. The molecule has 0 aromatic heterocycles. The zero-order valence-corrected chi connectivity index (χ0v) is 11.6. The van der Waals surface area contributed by atoms with E-state index in [1.54, 1.807) is 0 Å². The van der Waals surface area contributed by atoms with Gasteiger partial charge in [-0.1, -0.05) is 64.7 Å². The molecule has 0 aromatic carbocycles. The highest BCUT2D eigenvalue weighted by Gasteiger charge is 2.00. The summed E-state index contributed by atoms with van der Waals surface area (Å²) in [6.45, 7) is 2.64. The molecule has 17 heavy (non-hydrogen) atoms. The van der Waals surface area contributed by atoms with Crippen molar-refractivity contribution in [2.75, 3.05) is 6.61 Å². The minimum absolute atomic E-state index is 0.405. The van der Waals surface area contributed by atoms with E-state index in [2.05, 4.69) is 15.9 Å². The fourth-order valence-electron chi connectivity index (χ4n) is 1.77. The van der Waals surface area contributed by atoms with Crippen LogP contribution in [-0.4, -0.2) is 12.8 Å². The van der Waals surface area contributed by atoms with Crippen LogP contribution in [0.5, 0.6) is 0 Å². The molecule has 0 spiro atoms. The van der Waals surface area contributed by atoms with Crippen LogP contribution in [-0.2, 0) is 9.03 Å². The Morgan fingerprint density at radius 3 is 1.82 bits per heavy atom. The Hall–Kier alpha value is -0.440. The van der Waals surface area contributed by atoms with Crippen LogP contribution in [0.15, 0.2) is 0 Å². The first-order chi connectivity index (χ1) is 8.31. The van der Waals surface area contributed by atoms with Gasteiger partial charge < -0.3 is 9.03 Å². The third kappa shape index (κ3) is 13.5. The number of hydrogen-bond donors (Lipinski definition) is 0. The van der Waals surface area contributed by atoms with Crippen molar-refractivity contribution in [3.8, 4) is 0 Å². The number of hydrogen-bond acceptors (Lipinski definition) is 3. The van der Waals surface area contributed by atoms with Gasteiger partial charge in [0.25, 0.3) is 0 Å². The van der Waals surface area contributed by atoms with E-state index in [9.17, 15) is 4.79 Å². The summed E-state index contributed by atoms with van der Waals surface area (Å²) in [6, 6.07) is 0. The smallest absolute Gasteiger partial charge is 0.433 e. The quantitative estimate of drug-likeness (QED) is 0.379. The van der Waals surface area contributed by atoms with E-state index in [1.807, 2.05) is 0 Å². The third-order valence-corrected chi connectivity index (χ3v) is 2.91. The van der Waals surface area contributed by atoms with Crippen LogP contribution >= 0.6 is 11.9 Å². The maximum Gasteiger partial charge on any atom is 0.526 e. The van der Waals surface area contributed by atoms with Gasteiger partial charge >= 0.3 is 6.16 Å². The molecule has 0 aliphatic heterocycles. The maximum absolute atomic E-state index is 10.5. The number of halogens is 1. The van der Waals surface area contributed by atoms with Gasteiger partial charge in [0, 0.05) is 0 Å². The summed E-state index contributed by atoms with van der Waals surface area (Å²) >= 11 is 4.81. The van der Waals surface area contributed by atoms with Crippen molar-refractivity contribution in [3.05, 3.63) is 0 Å². The van der Waals surface area contributed by atoms with Crippen LogP contribution in [0.1, 0.15) is 71.1 Å². The zero-order chi connectivity index (χ0) is 12.8. The Balaban J connectivity index is 2.96. The molecule has 102 valence electrons. The van der Waals surface area contributed by atoms with Crippen molar-refractivity contribution in [2.45, 2.75) is 71.1 Å². The molecule has 3 nitrogen and oxygen atoms in total. The summed E-state index contributed by atoms with van der Waals surface area (Å²) in [7, 11) is 0. The monoisotopic (exact) mass is 264 g/mol. The molecule has 0 unspecified atom stereocenters. The van der Waals surface area contributed by atoms with Gasteiger partial charge in [0.2, 0.25) is 0 Å². The molecule has 0 bridgehead atoms. The molecule has 0 amide bonds. The van der Waals surface area contributed by atoms with E-state index in [4.69, 9.17) is 11.9 Å². The van der Waals surface area contributed by atoms with Crippen LogP contribution in [0.2, 0.25) is 0 Å². The molecule has 0 heterocycles. The van der Waals surface area contributed by atoms with E-state index in [0.29, 0.717) is 6.61 Å². The summed E-state index contributed by atoms with van der Waals surface area (Å²) in [5.41, 5.74) is 0. The minimum Gasteiger partial charge on any atom is -0.433 e. The van der Waals surface area contributed by atoms with E-state index in [0.717, 1.165) is 12.8 Å². The van der Waals surface area contributed by atoms with Gasteiger partial charge in [-0.2, -0.15) is 0 Å². The van der Waals surface area contributed by atoms with Gasteiger partial charge in [0.1, 0.15) is 11.9 Å². The predicted molar refractivity (Wildman–Crippen MR) is 70.1 cm³/mol. The molecule has 0 aliphatic rings. The lowest BCUT2D eigenvalue weighted by atomic mass is 10.1. The predicted octanol–water partition coefficient (Wildman–Crippen LogP) is 5.21. The molecule has 0 rings (SSSR count). The largest absolute Gasteiger partial charge is 0.526 e. The highest BCUT2D eigenvalue weighted by atomic mass is 35.5. The van der Waals surface area contributed by atoms with Crippen molar-refractivity contribution in [1.82, 2.24) is 0 Å².